The van der Waals surface area contributed by atoms with Gasteiger partial charge in [0.2, 0.25) is 0 Å². The van der Waals surface area contributed by atoms with Gasteiger partial charge < -0.3 is 9.47 Å². The van der Waals surface area contributed by atoms with Crippen LogP contribution < -0.4 is 4.74 Å². The van der Waals surface area contributed by atoms with Crippen LogP contribution in [0.1, 0.15) is 18.4 Å². The molecule has 0 N–H and O–H groups in total. The molecule has 1 aliphatic heterocycles. The zero-order valence-electron chi connectivity index (χ0n) is 8.35. The first-order chi connectivity index (χ1) is 7.40. The van der Waals surface area contributed by atoms with Crippen LogP contribution in [0.25, 0.3) is 0 Å². The maximum absolute atomic E-state index is 8.82. The molecule has 0 saturated carbocycles. The Hall–Kier alpha value is -1.60. The van der Waals surface area contributed by atoms with Gasteiger partial charge in [0.1, 0.15) is 12.7 Å². The smallest absolute Gasteiger partial charge is 0.155 e. The fourth-order valence-electron chi connectivity index (χ4n) is 1.55. The van der Waals surface area contributed by atoms with Crippen LogP contribution in [0.2, 0.25) is 0 Å². The van der Waals surface area contributed by atoms with Gasteiger partial charge in [-0.1, -0.05) is 0 Å². The molecule has 1 aromatic heterocycles. The Kier molecular flexibility index (Phi) is 3.15. The number of rotatable bonds is 3. The van der Waals surface area contributed by atoms with Crippen molar-refractivity contribution in [2.75, 3.05) is 13.2 Å². The molecule has 1 aliphatic rings. The maximum atomic E-state index is 8.82. The largest absolute Gasteiger partial charge is 0.488 e. The first-order valence-corrected chi connectivity index (χ1v) is 4.98. The van der Waals surface area contributed by atoms with E-state index >= 15 is 0 Å². The summed E-state index contributed by atoms with van der Waals surface area (Å²) >= 11 is 0. The molecule has 2 rings (SSSR count). The van der Waals surface area contributed by atoms with Gasteiger partial charge in [0.25, 0.3) is 0 Å². The van der Waals surface area contributed by atoms with Gasteiger partial charge in [-0.2, -0.15) is 5.26 Å². The van der Waals surface area contributed by atoms with Gasteiger partial charge in [0.05, 0.1) is 17.9 Å². The van der Waals surface area contributed by atoms with Crippen LogP contribution in [0.3, 0.4) is 0 Å². The molecule has 0 radical (unpaired) electrons. The number of aromatic nitrogens is 1. The van der Waals surface area contributed by atoms with Crippen molar-refractivity contribution in [1.82, 2.24) is 4.98 Å². The fourth-order valence-corrected chi connectivity index (χ4v) is 1.55. The summed E-state index contributed by atoms with van der Waals surface area (Å²) in [5.74, 6) is 0.538. The molecule has 0 aromatic carbocycles. The predicted molar refractivity (Wildman–Crippen MR) is 53.4 cm³/mol. The molecule has 15 heavy (non-hydrogen) atoms. The summed E-state index contributed by atoms with van der Waals surface area (Å²) in [4.78, 5) is 3.92. The highest BCUT2D eigenvalue weighted by Gasteiger charge is 2.16. The number of pyridine rings is 1. The van der Waals surface area contributed by atoms with Gasteiger partial charge >= 0.3 is 0 Å². The van der Waals surface area contributed by atoms with Crippen molar-refractivity contribution >= 4 is 0 Å². The molecule has 4 heteroatoms. The number of nitriles is 1. The second-order valence-electron chi connectivity index (χ2n) is 3.43. The fraction of sp³-hybridized carbons (Fsp3) is 0.455. The first-order valence-electron chi connectivity index (χ1n) is 4.98. The van der Waals surface area contributed by atoms with Gasteiger partial charge in [-0.3, -0.25) is 4.98 Å². The lowest BCUT2D eigenvalue weighted by atomic mass is 10.2. The molecule has 1 aromatic rings. The van der Waals surface area contributed by atoms with Crippen molar-refractivity contribution in [3.05, 3.63) is 24.0 Å². The summed E-state index contributed by atoms with van der Waals surface area (Å²) in [5, 5.41) is 8.82. The van der Waals surface area contributed by atoms with E-state index in [2.05, 4.69) is 11.1 Å². The number of hydrogen-bond donors (Lipinski definition) is 0. The second-order valence-corrected chi connectivity index (χ2v) is 3.43. The van der Waals surface area contributed by atoms with Crippen LogP contribution >= 0.6 is 0 Å². The van der Waals surface area contributed by atoms with Crippen molar-refractivity contribution < 1.29 is 9.47 Å². The molecular formula is C11H12N2O2. The maximum Gasteiger partial charge on any atom is 0.155 e. The van der Waals surface area contributed by atoms with Crippen molar-refractivity contribution in [2.24, 2.45) is 0 Å². The van der Waals surface area contributed by atoms with E-state index in [1.807, 2.05) is 0 Å². The molecule has 78 valence electrons. The Labute approximate surface area is 88.5 Å². The van der Waals surface area contributed by atoms with Gasteiger partial charge in [0.15, 0.2) is 5.75 Å². The van der Waals surface area contributed by atoms with Crippen molar-refractivity contribution in [1.29, 1.82) is 5.26 Å². The van der Waals surface area contributed by atoms with Crippen LogP contribution in [-0.2, 0) is 4.74 Å². The van der Waals surface area contributed by atoms with E-state index in [-0.39, 0.29) is 6.10 Å². The molecule has 4 nitrogen and oxygen atoms in total. The molecule has 1 atom stereocenters. The molecule has 0 aliphatic carbocycles. The van der Waals surface area contributed by atoms with E-state index in [0.29, 0.717) is 17.9 Å². The van der Waals surface area contributed by atoms with Crippen molar-refractivity contribution in [3.8, 4) is 11.8 Å². The minimum Gasteiger partial charge on any atom is -0.488 e. The second kappa shape index (κ2) is 4.76. The highest BCUT2D eigenvalue weighted by atomic mass is 16.5. The monoisotopic (exact) mass is 204 g/mol. The minimum absolute atomic E-state index is 0.164. The number of hydrogen-bond acceptors (Lipinski definition) is 4. The van der Waals surface area contributed by atoms with Crippen molar-refractivity contribution in [2.45, 2.75) is 18.9 Å². The third kappa shape index (κ3) is 2.45. The summed E-state index contributed by atoms with van der Waals surface area (Å²) in [6.07, 6.45) is 5.43. The molecular weight excluding hydrogens is 192 g/mol. The molecule has 0 amide bonds. The van der Waals surface area contributed by atoms with E-state index in [1.54, 1.807) is 18.5 Å². The summed E-state index contributed by atoms with van der Waals surface area (Å²) in [6, 6.07) is 3.71. The standard InChI is InChI=1S/C11H12N2O2/c12-6-9-3-4-13-7-11(9)15-8-10-2-1-5-14-10/h3-4,7,10H,1-2,5,8H2/t10-/m0/s1. The van der Waals surface area contributed by atoms with Crippen LogP contribution in [0.15, 0.2) is 18.5 Å². The van der Waals surface area contributed by atoms with Crippen LogP contribution in [0.5, 0.6) is 5.75 Å². The SMILES string of the molecule is N#Cc1ccncc1OC[C@@H]1CCCO1. The van der Waals surface area contributed by atoms with E-state index in [0.717, 1.165) is 19.4 Å². The Morgan fingerprint density at radius 2 is 2.60 bits per heavy atom. The molecule has 0 unspecified atom stereocenters. The number of ether oxygens (including phenoxy) is 2. The Bertz CT molecular complexity index is 367. The van der Waals surface area contributed by atoms with Gasteiger partial charge in [-0.25, -0.2) is 0 Å². The lowest BCUT2D eigenvalue weighted by Crippen LogP contribution is -2.16. The summed E-state index contributed by atoms with van der Waals surface area (Å²) in [5.41, 5.74) is 0.517. The van der Waals surface area contributed by atoms with Gasteiger partial charge in [0, 0.05) is 12.8 Å². The zero-order valence-corrected chi connectivity index (χ0v) is 8.35. The highest BCUT2D eigenvalue weighted by Crippen LogP contribution is 2.18. The normalized spacial score (nSPS) is 19.8. The highest BCUT2D eigenvalue weighted by molar-refractivity contribution is 5.40. The lowest BCUT2D eigenvalue weighted by molar-refractivity contribution is 0.0677. The van der Waals surface area contributed by atoms with E-state index in [9.17, 15) is 0 Å². The molecule has 1 saturated heterocycles. The Morgan fingerprint density at radius 3 is 3.33 bits per heavy atom. The zero-order chi connectivity index (χ0) is 10.5. The average molecular weight is 204 g/mol. The predicted octanol–water partition coefficient (Wildman–Crippen LogP) is 1.51. The Morgan fingerprint density at radius 1 is 1.67 bits per heavy atom. The van der Waals surface area contributed by atoms with Crippen LogP contribution in [0, 0.1) is 11.3 Å². The first kappa shape index (κ1) is 9.94. The van der Waals surface area contributed by atoms with Crippen LogP contribution in [0.4, 0.5) is 0 Å². The topological polar surface area (TPSA) is 55.1 Å². The van der Waals surface area contributed by atoms with Crippen LogP contribution in [-0.4, -0.2) is 24.3 Å². The quantitative estimate of drug-likeness (QED) is 0.748. The van der Waals surface area contributed by atoms with E-state index in [4.69, 9.17) is 14.7 Å². The Balaban J connectivity index is 1.95. The average Bonchev–Trinajstić information content (AvgIpc) is 2.79. The minimum atomic E-state index is 0.164. The van der Waals surface area contributed by atoms with E-state index in [1.165, 1.54) is 0 Å². The summed E-state index contributed by atoms with van der Waals surface area (Å²) < 4.78 is 10.9. The molecule has 0 bridgehead atoms. The molecule has 1 fully saturated rings. The summed E-state index contributed by atoms with van der Waals surface area (Å²) in [6.45, 7) is 1.31. The summed E-state index contributed by atoms with van der Waals surface area (Å²) in [7, 11) is 0. The van der Waals surface area contributed by atoms with Gasteiger partial charge in [-0.05, 0) is 18.9 Å². The molecule has 0 spiro atoms. The third-order valence-electron chi connectivity index (χ3n) is 2.35. The number of nitrogens with zero attached hydrogens (tertiary/aromatic N) is 2. The van der Waals surface area contributed by atoms with Gasteiger partial charge in [-0.15, -0.1) is 0 Å². The van der Waals surface area contributed by atoms with Crippen molar-refractivity contribution in [3.63, 3.8) is 0 Å². The van der Waals surface area contributed by atoms with E-state index < -0.39 is 0 Å². The third-order valence-corrected chi connectivity index (χ3v) is 2.35. The molecule has 2 heterocycles. The lowest BCUT2D eigenvalue weighted by Gasteiger charge is -2.11.